The van der Waals surface area contributed by atoms with Gasteiger partial charge in [-0.15, -0.1) is 0 Å². The summed E-state index contributed by atoms with van der Waals surface area (Å²) < 4.78 is 11.1. The molecule has 0 spiro atoms. The molecule has 0 aliphatic carbocycles. The van der Waals surface area contributed by atoms with E-state index < -0.39 is 0 Å². The Hall–Kier alpha value is -2.61. The number of carbonyl (C=O) groups excluding carboxylic acids is 1. The zero-order chi connectivity index (χ0) is 21.6. The lowest BCUT2D eigenvalue weighted by Gasteiger charge is -2.35. The van der Waals surface area contributed by atoms with Crippen LogP contribution in [0.4, 0.5) is 0 Å². The minimum atomic E-state index is -0.191. The normalized spacial score (nSPS) is 21.8. The van der Waals surface area contributed by atoms with E-state index in [-0.39, 0.29) is 18.0 Å². The third kappa shape index (κ3) is 5.55. The van der Waals surface area contributed by atoms with Crippen LogP contribution in [-0.4, -0.2) is 68.2 Å². The van der Waals surface area contributed by atoms with Gasteiger partial charge in [0.1, 0.15) is 24.1 Å². The zero-order valence-electron chi connectivity index (χ0n) is 18.3. The highest BCUT2D eigenvalue weighted by Crippen LogP contribution is 2.25. The molecule has 0 saturated carbocycles. The van der Waals surface area contributed by atoms with Crippen molar-refractivity contribution in [1.82, 2.24) is 20.7 Å². The maximum Gasteiger partial charge on any atom is 0.241 e. The van der Waals surface area contributed by atoms with Crippen LogP contribution in [0.2, 0.25) is 0 Å². The molecule has 0 radical (unpaired) electrons. The Kier molecular flexibility index (Phi) is 7.06. The maximum absolute atomic E-state index is 13.0. The van der Waals surface area contributed by atoms with Gasteiger partial charge in [0.2, 0.25) is 5.91 Å². The number of rotatable bonds is 7. The topological polar surface area (TPSA) is 66.1 Å². The highest BCUT2D eigenvalue weighted by atomic mass is 16.5. The minimum absolute atomic E-state index is 0.125. The molecule has 2 unspecified atom stereocenters. The number of aryl methyl sites for hydroxylation is 1. The summed E-state index contributed by atoms with van der Waals surface area (Å²) >= 11 is 0. The van der Waals surface area contributed by atoms with Crippen LogP contribution in [0, 0.1) is 6.92 Å². The average molecular weight is 425 g/mol. The van der Waals surface area contributed by atoms with Gasteiger partial charge in [0.05, 0.1) is 7.11 Å². The molecule has 2 aliphatic heterocycles. The molecule has 7 nitrogen and oxygen atoms in total. The van der Waals surface area contributed by atoms with Gasteiger partial charge in [-0.2, -0.15) is 0 Å². The first-order valence-electron chi connectivity index (χ1n) is 11.0. The van der Waals surface area contributed by atoms with Crippen molar-refractivity contribution >= 4 is 5.91 Å². The van der Waals surface area contributed by atoms with E-state index in [1.165, 1.54) is 5.56 Å². The number of carbonyl (C=O) groups is 1. The van der Waals surface area contributed by atoms with E-state index >= 15 is 0 Å². The summed E-state index contributed by atoms with van der Waals surface area (Å²) in [4.78, 5) is 17.3. The van der Waals surface area contributed by atoms with Crippen molar-refractivity contribution in [2.24, 2.45) is 0 Å². The predicted molar refractivity (Wildman–Crippen MR) is 120 cm³/mol. The van der Waals surface area contributed by atoms with Gasteiger partial charge in [-0.1, -0.05) is 29.8 Å². The zero-order valence-corrected chi connectivity index (χ0v) is 18.3. The molecular formula is C24H32N4O3. The second-order valence-electron chi connectivity index (χ2n) is 8.23. The molecule has 4 rings (SSSR count). The highest BCUT2D eigenvalue weighted by Gasteiger charge is 2.34. The summed E-state index contributed by atoms with van der Waals surface area (Å²) in [6.07, 6.45) is 0.746. The van der Waals surface area contributed by atoms with E-state index in [4.69, 9.17) is 9.47 Å². The molecule has 2 aromatic rings. The molecule has 166 valence electrons. The number of ether oxygens (including phenoxy) is 2. The predicted octanol–water partition coefficient (Wildman–Crippen LogP) is 2.13. The Morgan fingerprint density at radius 3 is 2.32 bits per heavy atom. The quantitative estimate of drug-likeness (QED) is 0.710. The molecule has 2 N–H and O–H groups in total. The molecule has 7 heteroatoms. The third-order valence-corrected chi connectivity index (χ3v) is 6.10. The van der Waals surface area contributed by atoms with E-state index in [0.29, 0.717) is 6.61 Å². The molecule has 0 bridgehead atoms. The number of amides is 1. The van der Waals surface area contributed by atoms with E-state index in [2.05, 4.69) is 34.8 Å². The van der Waals surface area contributed by atoms with Gasteiger partial charge in [0, 0.05) is 38.8 Å². The van der Waals surface area contributed by atoms with Crippen molar-refractivity contribution in [2.45, 2.75) is 25.4 Å². The van der Waals surface area contributed by atoms with Crippen molar-refractivity contribution in [2.75, 3.05) is 46.4 Å². The average Bonchev–Trinajstić information content (AvgIpc) is 3.31. The lowest BCUT2D eigenvalue weighted by molar-refractivity contribution is -0.135. The molecule has 0 aromatic heterocycles. The standard InChI is InChI=1S/C24H32N4O3/c1-18-3-7-21(8-4-18)31-16-15-27-11-13-28(14-12-27)24(29)23-17-22(25-26-23)19-5-9-20(30-2)10-6-19/h3-10,22-23,25-26H,11-17H2,1-2H3. The van der Waals surface area contributed by atoms with E-state index in [0.717, 1.165) is 56.2 Å². The molecule has 2 aromatic carbocycles. The number of hydrogen-bond donors (Lipinski definition) is 2. The Balaban J connectivity index is 1.19. The number of nitrogens with zero attached hydrogens (tertiary/aromatic N) is 2. The van der Waals surface area contributed by atoms with Crippen LogP contribution in [0.15, 0.2) is 48.5 Å². The molecule has 2 atom stereocenters. The number of methoxy groups -OCH3 is 1. The van der Waals surface area contributed by atoms with Crippen molar-refractivity contribution in [3.8, 4) is 11.5 Å². The first-order valence-corrected chi connectivity index (χ1v) is 11.0. The molecule has 1 amide bonds. The van der Waals surface area contributed by atoms with Crippen LogP contribution in [-0.2, 0) is 4.79 Å². The molecule has 31 heavy (non-hydrogen) atoms. The second-order valence-corrected chi connectivity index (χ2v) is 8.23. The van der Waals surface area contributed by atoms with Gasteiger partial charge in [-0.3, -0.25) is 9.69 Å². The summed E-state index contributed by atoms with van der Waals surface area (Å²) in [6.45, 7) is 6.88. The lowest BCUT2D eigenvalue weighted by atomic mass is 10.0. The van der Waals surface area contributed by atoms with Crippen LogP contribution >= 0.6 is 0 Å². The maximum atomic E-state index is 13.0. The summed E-state index contributed by atoms with van der Waals surface area (Å²) in [7, 11) is 1.66. The molecule has 2 fully saturated rings. The van der Waals surface area contributed by atoms with Gasteiger partial charge < -0.3 is 14.4 Å². The van der Waals surface area contributed by atoms with Crippen LogP contribution < -0.4 is 20.3 Å². The first-order chi connectivity index (χ1) is 15.1. The van der Waals surface area contributed by atoms with Crippen molar-refractivity contribution < 1.29 is 14.3 Å². The number of nitrogens with one attached hydrogen (secondary N) is 2. The van der Waals surface area contributed by atoms with Gasteiger partial charge in [0.25, 0.3) is 0 Å². The Morgan fingerprint density at radius 2 is 1.65 bits per heavy atom. The van der Waals surface area contributed by atoms with Crippen LogP contribution in [0.3, 0.4) is 0 Å². The monoisotopic (exact) mass is 424 g/mol. The second kappa shape index (κ2) is 10.1. The van der Waals surface area contributed by atoms with Gasteiger partial charge in [-0.05, 0) is 43.2 Å². The van der Waals surface area contributed by atoms with Gasteiger partial charge in [0.15, 0.2) is 0 Å². The number of hydrazine groups is 1. The van der Waals surface area contributed by atoms with E-state index in [1.54, 1.807) is 7.11 Å². The molecular weight excluding hydrogens is 392 g/mol. The van der Waals surface area contributed by atoms with Crippen molar-refractivity contribution in [3.05, 3.63) is 59.7 Å². The smallest absolute Gasteiger partial charge is 0.241 e. The van der Waals surface area contributed by atoms with Crippen molar-refractivity contribution in [3.63, 3.8) is 0 Å². The fraction of sp³-hybridized carbons (Fsp3) is 0.458. The van der Waals surface area contributed by atoms with Crippen LogP contribution in [0.5, 0.6) is 11.5 Å². The summed E-state index contributed by atoms with van der Waals surface area (Å²) in [5.74, 6) is 1.93. The number of hydrogen-bond acceptors (Lipinski definition) is 6. The fourth-order valence-corrected chi connectivity index (χ4v) is 4.11. The number of piperazine rings is 1. The number of benzene rings is 2. The van der Waals surface area contributed by atoms with E-state index in [9.17, 15) is 4.79 Å². The summed E-state index contributed by atoms with van der Waals surface area (Å²) in [5, 5.41) is 0. The first kappa shape index (κ1) is 21.6. The van der Waals surface area contributed by atoms with Crippen LogP contribution in [0.1, 0.15) is 23.6 Å². The highest BCUT2D eigenvalue weighted by molar-refractivity contribution is 5.82. The molecule has 2 heterocycles. The SMILES string of the molecule is COc1ccc(C2CC(C(=O)N3CCN(CCOc4ccc(C)cc4)CC3)NN2)cc1. The fourth-order valence-electron chi connectivity index (χ4n) is 4.11. The largest absolute Gasteiger partial charge is 0.497 e. The van der Waals surface area contributed by atoms with Gasteiger partial charge in [-0.25, -0.2) is 10.9 Å². The Morgan fingerprint density at radius 1 is 0.968 bits per heavy atom. The molecule has 2 saturated heterocycles. The lowest BCUT2D eigenvalue weighted by Crippen LogP contribution is -2.54. The van der Waals surface area contributed by atoms with Crippen LogP contribution in [0.25, 0.3) is 0 Å². The van der Waals surface area contributed by atoms with Gasteiger partial charge >= 0.3 is 0 Å². The Labute approximate surface area is 184 Å². The summed E-state index contributed by atoms with van der Waals surface area (Å²) in [5.41, 5.74) is 8.85. The Bertz CT molecular complexity index is 848. The van der Waals surface area contributed by atoms with E-state index in [1.807, 2.05) is 41.3 Å². The third-order valence-electron chi connectivity index (χ3n) is 6.10. The minimum Gasteiger partial charge on any atom is -0.497 e. The van der Waals surface area contributed by atoms with Crippen molar-refractivity contribution in [1.29, 1.82) is 0 Å². The summed E-state index contributed by atoms with van der Waals surface area (Å²) in [6, 6.07) is 16.1. The molecule has 2 aliphatic rings.